The van der Waals surface area contributed by atoms with Crippen molar-refractivity contribution in [3.05, 3.63) is 24.3 Å². The van der Waals surface area contributed by atoms with Crippen molar-refractivity contribution in [3.8, 4) is 11.3 Å². The van der Waals surface area contributed by atoms with Gasteiger partial charge in [-0.25, -0.2) is 9.97 Å². The lowest BCUT2D eigenvalue weighted by Gasteiger charge is -2.01. The molecule has 0 spiro atoms. The molecule has 5 heteroatoms. The monoisotopic (exact) mass is 203 g/mol. The van der Waals surface area contributed by atoms with E-state index < -0.39 is 0 Å². The van der Waals surface area contributed by atoms with E-state index >= 15 is 0 Å². The smallest absolute Gasteiger partial charge is 0.131 e. The van der Waals surface area contributed by atoms with Crippen molar-refractivity contribution in [2.45, 2.75) is 13.3 Å². The Bertz CT molecular complexity index is 474. The lowest BCUT2D eigenvalue weighted by Crippen LogP contribution is -1.99. The minimum atomic E-state index is 0.501. The summed E-state index contributed by atoms with van der Waals surface area (Å²) >= 11 is 0. The lowest BCUT2D eigenvalue weighted by atomic mass is 10.2. The van der Waals surface area contributed by atoms with Crippen molar-refractivity contribution in [1.29, 1.82) is 0 Å². The van der Waals surface area contributed by atoms with E-state index in [9.17, 15) is 0 Å². The third kappa shape index (κ3) is 1.96. The first-order valence-corrected chi connectivity index (χ1v) is 4.81. The number of aromatic nitrogens is 4. The first-order chi connectivity index (χ1) is 7.19. The fraction of sp³-hybridized carbons (Fsp3) is 0.300. The minimum absolute atomic E-state index is 0.501. The molecule has 0 amide bonds. The van der Waals surface area contributed by atoms with Crippen molar-refractivity contribution in [2.24, 2.45) is 7.05 Å². The Morgan fingerprint density at radius 2 is 2.20 bits per heavy atom. The zero-order chi connectivity index (χ0) is 10.8. The van der Waals surface area contributed by atoms with Crippen molar-refractivity contribution in [2.75, 3.05) is 5.73 Å². The molecule has 0 saturated heterocycles. The highest BCUT2D eigenvalue weighted by Gasteiger charge is 2.05. The Morgan fingerprint density at radius 1 is 1.40 bits per heavy atom. The Morgan fingerprint density at radius 3 is 2.80 bits per heavy atom. The molecule has 5 nitrogen and oxygen atoms in total. The fourth-order valence-corrected chi connectivity index (χ4v) is 1.38. The summed E-state index contributed by atoms with van der Waals surface area (Å²) in [7, 11) is 1.87. The molecule has 0 atom stereocenters. The van der Waals surface area contributed by atoms with Crippen LogP contribution >= 0.6 is 0 Å². The molecule has 0 fully saturated rings. The quantitative estimate of drug-likeness (QED) is 0.791. The van der Waals surface area contributed by atoms with Crippen LogP contribution in [0.15, 0.2) is 18.5 Å². The van der Waals surface area contributed by atoms with Crippen LogP contribution < -0.4 is 5.73 Å². The van der Waals surface area contributed by atoms with E-state index in [0.717, 1.165) is 23.5 Å². The van der Waals surface area contributed by atoms with Crippen molar-refractivity contribution >= 4 is 5.82 Å². The molecular formula is C10H13N5. The number of nitrogens with zero attached hydrogens (tertiary/aromatic N) is 4. The molecule has 2 aromatic rings. The van der Waals surface area contributed by atoms with Crippen LogP contribution in [-0.2, 0) is 13.5 Å². The summed E-state index contributed by atoms with van der Waals surface area (Å²) in [5, 5.41) is 4.09. The molecule has 15 heavy (non-hydrogen) atoms. The average molecular weight is 203 g/mol. The van der Waals surface area contributed by atoms with Gasteiger partial charge in [0, 0.05) is 31.3 Å². The van der Waals surface area contributed by atoms with Gasteiger partial charge in [0.15, 0.2) is 0 Å². The Kier molecular flexibility index (Phi) is 2.37. The maximum absolute atomic E-state index is 5.70. The van der Waals surface area contributed by atoms with Crippen LogP contribution in [-0.4, -0.2) is 19.7 Å². The highest BCUT2D eigenvalue weighted by Crippen LogP contribution is 2.17. The summed E-state index contributed by atoms with van der Waals surface area (Å²) in [6.45, 7) is 2.00. The van der Waals surface area contributed by atoms with E-state index in [1.165, 1.54) is 0 Å². The first kappa shape index (κ1) is 9.64. The van der Waals surface area contributed by atoms with E-state index in [1.54, 1.807) is 16.9 Å². The number of nitrogens with two attached hydrogens (primary N) is 1. The van der Waals surface area contributed by atoms with Crippen LogP contribution in [0.1, 0.15) is 12.7 Å². The van der Waals surface area contributed by atoms with Gasteiger partial charge >= 0.3 is 0 Å². The maximum Gasteiger partial charge on any atom is 0.131 e. The summed E-state index contributed by atoms with van der Waals surface area (Å²) in [6, 6.07) is 1.76. The highest BCUT2D eigenvalue weighted by atomic mass is 15.2. The summed E-state index contributed by atoms with van der Waals surface area (Å²) in [5.74, 6) is 1.26. The maximum atomic E-state index is 5.70. The largest absolute Gasteiger partial charge is 0.384 e. The van der Waals surface area contributed by atoms with Crippen LogP contribution in [0.3, 0.4) is 0 Å². The topological polar surface area (TPSA) is 69.6 Å². The summed E-state index contributed by atoms with van der Waals surface area (Å²) in [6.07, 6.45) is 4.45. The minimum Gasteiger partial charge on any atom is -0.384 e. The van der Waals surface area contributed by atoms with Crippen molar-refractivity contribution < 1.29 is 0 Å². The number of rotatable bonds is 2. The molecule has 0 aliphatic heterocycles. The highest BCUT2D eigenvalue weighted by molar-refractivity contribution is 5.59. The van der Waals surface area contributed by atoms with Gasteiger partial charge in [-0.2, -0.15) is 5.10 Å². The molecule has 78 valence electrons. The van der Waals surface area contributed by atoms with Crippen LogP contribution in [0.2, 0.25) is 0 Å². The second-order valence-corrected chi connectivity index (χ2v) is 3.35. The van der Waals surface area contributed by atoms with Gasteiger partial charge in [0.2, 0.25) is 0 Å². The first-order valence-electron chi connectivity index (χ1n) is 4.81. The van der Waals surface area contributed by atoms with E-state index in [2.05, 4.69) is 15.1 Å². The average Bonchev–Trinajstić information content (AvgIpc) is 2.64. The third-order valence-corrected chi connectivity index (χ3v) is 2.11. The van der Waals surface area contributed by atoms with Gasteiger partial charge in [-0.15, -0.1) is 0 Å². The van der Waals surface area contributed by atoms with Crippen LogP contribution in [0.25, 0.3) is 11.3 Å². The molecule has 0 aliphatic carbocycles. The lowest BCUT2D eigenvalue weighted by molar-refractivity contribution is 0.768. The molecule has 2 rings (SSSR count). The summed E-state index contributed by atoms with van der Waals surface area (Å²) in [5.41, 5.74) is 7.49. The van der Waals surface area contributed by atoms with Gasteiger partial charge in [0.05, 0.1) is 11.9 Å². The second kappa shape index (κ2) is 3.68. The Balaban J connectivity index is 2.48. The standard InChI is InChI=1S/C10H13N5/c1-3-10-13-8(4-9(11)14-10)7-5-12-15(2)6-7/h4-6H,3H2,1-2H3,(H2,11,13,14). The van der Waals surface area contributed by atoms with E-state index in [0.29, 0.717) is 5.82 Å². The van der Waals surface area contributed by atoms with E-state index in [-0.39, 0.29) is 0 Å². The van der Waals surface area contributed by atoms with Gasteiger partial charge in [0.1, 0.15) is 11.6 Å². The van der Waals surface area contributed by atoms with Gasteiger partial charge in [-0.1, -0.05) is 6.92 Å². The van der Waals surface area contributed by atoms with Gasteiger partial charge in [-0.05, 0) is 0 Å². The molecular weight excluding hydrogens is 190 g/mol. The number of aryl methyl sites for hydroxylation is 2. The summed E-state index contributed by atoms with van der Waals surface area (Å²) < 4.78 is 1.74. The van der Waals surface area contributed by atoms with Crippen LogP contribution in [0.4, 0.5) is 5.82 Å². The van der Waals surface area contributed by atoms with Gasteiger partial charge in [-0.3, -0.25) is 4.68 Å². The molecule has 2 aromatic heterocycles. The third-order valence-electron chi connectivity index (χ3n) is 2.11. The van der Waals surface area contributed by atoms with Crippen molar-refractivity contribution in [1.82, 2.24) is 19.7 Å². The number of hydrogen-bond donors (Lipinski definition) is 1. The molecule has 0 aliphatic rings. The predicted molar refractivity (Wildman–Crippen MR) is 58.0 cm³/mol. The molecule has 2 N–H and O–H groups in total. The number of anilines is 1. The zero-order valence-corrected chi connectivity index (χ0v) is 8.81. The second-order valence-electron chi connectivity index (χ2n) is 3.35. The molecule has 0 aromatic carbocycles. The predicted octanol–water partition coefficient (Wildman–Crippen LogP) is 1.02. The van der Waals surface area contributed by atoms with Crippen molar-refractivity contribution in [3.63, 3.8) is 0 Å². The molecule has 2 heterocycles. The number of nitrogen functional groups attached to an aromatic ring is 1. The van der Waals surface area contributed by atoms with Crippen LogP contribution in [0, 0.1) is 0 Å². The normalized spacial score (nSPS) is 10.5. The SMILES string of the molecule is CCc1nc(N)cc(-c2cnn(C)c2)n1. The van der Waals surface area contributed by atoms with E-state index in [1.807, 2.05) is 20.2 Å². The van der Waals surface area contributed by atoms with Crippen LogP contribution in [0.5, 0.6) is 0 Å². The van der Waals surface area contributed by atoms with E-state index in [4.69, 9.17) is 5.73 Å². The molecule has 0 bridgehead atoms. The molecule has 0 radical (unpaired) electrons. The van der Waals surface area contributed by atoms with Gasteiger partial charge < -0.3 is 5.73 Å². The Labute approximate surface area is 88.0 Å². The molecule has 0 saturated carbocycles. The molecule has 0 unspecified atom stereocenters. The summed E-state index contributed by atoms with van der Waals surface area (Å²) in [4.78, 5) is 8.52. The fourth-order valence-electron chi connectivity index (χ4n) is 1.38. The van der Waals surface area contributed by atoms with Gasteiger partial charge in [0.25, 0.3) is 0 Å². The Hall–Kier alpha value is -1.91. The zero-order valence-electron chi connectivity index (χ0n) is 8.81. The number of hydrogen-bond acceptors (Lipinski definition) is 4.